The molecular formula is C18H23F3N2O2S. The fraction of sp³-hybridized carbons (Fsp3) is 0.667. The zero-order valence-corrected chi connectivity index (χ0v) is 15.3. The first kappa shape index (κ1) is 18.1. The summed E-state index contributed by atoms with van der Waals surface area (Å²) in [7, 11) is -2.80. The number of rotatable bonds is 2. The number of hydrogen-bond donors (Lipinski definition) is 0. The van der Waals surface area contributed by atoms with E-state index in [0.717, 1.165) is 63.3 Å². The van der Waals surface area contributed by atoms with Crippen molar-refractivity contribution in [2.24, 2.45) is 5.41 Å². The molecule has 3 fully saturated rings. The third-order valence-electron chi connectivity index (χ3n) is 6.06. The van der Waals surface area contributed by atoms with Gasteiger partial charge in [0.05, 0.1) is 17.1 Å². The molecule has 0 aromatic heterocycles. The molecule has 3 aliphatic rings. The lowest BCUT2D eigenvalue weighted by molar-refractivity contribution is -0.137. The minimum Gasteiger partial charge on any atom is -0.371 e. The highest BCUT2D eigenvalue weighted by Gasteiger charge is 2.52. The highest BCUT2D eigenvalue weighted by atomic mass is 32.2. The van der Waals surface area contributed by atoms with Crippen LogP contribution >= 0.6 is 0 Å². The standard InChI is InChI=1S/C18H23F3N2O2S/c19-18(20,21)14-1-3-15(4-2-14)22-8-5-16(6-9-22)23-10-7-17(11-23)12-26(24,25)13-17/h1-4,16H,5-13H2. The molecular weight excluding hydrogens is 365 g/mol. The molecule has 1 aromatic rings. The molecule has 8 heteroatoms. The third-order valence-corrected chi connectivity index (χ3v) is 8.17. The van der Waals surface area contributed by atoms with Crippen LogP contribution in [0, 0.1) is 5.41 Å². The van der Waals surface area contributed by atoms with Crippen LogP contribution in [0.4, 0.5) is 18.9 Å². The number of likely N-dealkylation sites (tertiary alicyclic amines) is 1. The highest BCUT2D eigenvalue weighted by Crippen LogP contribution is 2.43. The van der Waals surface area contributed by atoms with Crippen molar-refractivity contribution in [2.45, 2.75) is 31.5 Å². The van der Waals surface area contributed by atoms with E-state index in [9.17, 15) is 21.6 Å². The number of benzene rings is 1. The molecule has 3 heterocycles. The van der Waals surface area contributed by atoms with Gasteiger partial charge in [0.15, 0.2) is 9.84 Å². The molecule has 0 bridgehead atoms. The van der Waals surface area contributed by atoms with Crippen molar-refractivity contribution >= 4 is 15.5 Å². The van der Waals surface area contributed by atoms with Crippen molar-refractivity contribution in [3.63, 3.8) is 0 Å². The predicted molar refractivity (Wildman–Crippen MR) is 94.0 cm³/mol. The van der Waals surface area contributed by atoms with Crippen LogP contribution in [0.5, 0.6) is 0 Å². The van der Waals surface area contributed by atoms with Crippen molar-refractivity contribution in [2.75, 3.05) is 42.6 Å². The Morgan fingerprint density at radius 2 is 1.62 bits per heavy atom. The molecule has 144 valence electrons. The molecule has 0 radical (unpaired) electrons. The lowest BCUT2D eigenvalue weighted by atomic mass is 9.91. The number of piperidine rings is 1. The Morgan fingerprint density at radius 1 is 1.00 bits per heavy atom. The van der Waals surface area contributed by atoms with Gasteiger partial charge in [0.2, 0.25) is 0 Å². The average Bonchev–Trinajstić information content (AvgIpc) is 2.98. The smallest absolute Gasteiger partial charge is 0.371 e. The number of sulfone groups is 1. The number of alkyl halides is 3. The Hall–Kier alpha value is -1.28. The van der Waals surface area contributed by atoms with Crippen molar-refractivity contribution < 1.29 is 21.6 Å². The van der Waals surface area contributed by atoms with Gasteiger partial charge in [-0.1, -0.05) is 0 Å². The molecule has 0 aliphatic carbocycles. The lowest BCUT2D eigenvalue weighted by Gasteiger charge is -2.41. The summed E-state index contributed by atoms with van der Waals surface area (Å²) in [4.78, 5) is 4.56. The summed E-state index contributed by atoms with van der Waals surface area (Å²) in [5.41, 5.74) is 0.206. The maximum Gasteiger partial charge on any atom is 0.416 e. The zero-order chi connectivity index (χ0) is 18.6. The van der Waals surface area contributed by atoms with E-state index < -0.39 is 21.6 Å². The van der Waals surface area contributed by atoms with E-state index in [2.05, 4.69) is 9.80 Å². The summed E-state index contributed by atoms with van der Waals surface area (Å²) in [5.74, 6) is 0.668. The molecule has 0 amide bonds. The van der Waals surface area contributed by atoms with E-state index in [-0.39, 0.29) is 5.41 Å². The van der Waals surface area contributed by atoms with Crippen LogP contribution in [-0.2, 0) is 16.0 Å². The monoisotopic (exact) mass is 388 g/mol. The molecule has 26 heavy (non-hydrogen) atoms. The molecule has 3 aliphatic heterocycles. The number of nitrogens with zero attached hydrogens (tertiary/aromatic N) is 2. The predicted octanol–water partition coefficient (Wildman–Crippen LogP) is 2.79. The quantitative estimate of drug-likeness (QED) is 0.781. The molecule has 0 N–H and O–H groups in total. The molecule has 4 rings (SSSR count). The van der Waals surface area contributed by atoms with Crippen LogP contribution < -0.4 is 4.90 Å². The Labute approximate surface area is 151 Å². The van der Waals surface area contributed by atoms with Gasteiger partial charge in [0.25, 0.3) is 0 Å². The second kappa shape index (κ2) is 6.12. The zero-order valence-electron chi connectivity index (χ0n) is 14.5. The largest absolute Gasteiger partial charge is 0.416 e. The van der Waals surface area contributed by atoms with Crippen LogP contribution in [0.15, 0.2) is 24.3 Å². The van der Waals surface area contributed by atoms with Crippen molar-refractivity contribution in [1.82, 2.24) is 4.90 Å². The maximum absolute atomic E-state index is 12.7. The third kappa shape index (κ3) is 3.45. The topological polar surface area (TPSA) is 40.6 Å². The van der Waals surface area contributed by atoms with Crippen LogP contribution in [0.2, 0.25) is 0 Å². The van der Waals surface area contributed by atoms with Crippen LogP contribution in [-0.4, -0.2) is 57.0 Å². The van der Waals surface area contributed by atoms with Gasteiger partial charge in [-0.2, -0.15) is 13.2 Å². The van der Waals surface area contributed by atoms with Gasteiger partial charge in [0, 0.05) is 36.8 Å². The molecule has 0 atom stereocenters. The van der Waals surface area contributed by atoms with Crippen molar-refractivity contribution in [1.29, 1.82) is 0 Å². The lowest BCUT2D eigenvalue weighted by Crippen LogP contribution is -2.51. The fourth-order valence-electron chi connectivity index (χ4n) is 4.76. The summed E-state index contributed by atoms with van der Waals surface area (Å²) >= 11 is 0. The van der Waals surface area contributed by atoms with E-state index in [1.165, 1.54) is 0 Å². The number of halogens is 3. The van der Waals surface area contributed by atoms with E-state index in [0.29, 0.717) is 17.5 Å². The normalized spacial score (nSPS) is 26.2. The van der Waals surface area contributed by atoms with Crippen LogP contribution in [0.3, 0.4) is 0 Å². The highest BCUT2D eigenvalue weighted by molar-refractivity contribution is 7.92. The minimum atomic E-state index is -4.30. The summed E-state index contributed by atoms with van der Waals surface area (Å²) in [5, 5.41) is 0. The van der Waals surface area contributed by atoms with E-state index in [1.807, 2.05) is 0 Å². The van der Waals surface area contributed by atoms with Gasteiger partial charge in [-0.05, 0) is 50.1 Å². The first-order valence-corrected chi connectivity index (χ1v) is 10.8. The van der Waals surface area contributed by atoms with Gasteiger partial charge in [-0.3, -0.25) is 4.90 Å². The van der Waals surface area contributed by atoms with Gasteiger partial charge in [0.1, 0.15) is 0 Å². The van der Waals surface area contributed by atoms with Gasteiger partial charge >= 0.3 is 6.18 Å². The van der Waals surface area contributed by atoms with Crippen LogP contribution in [0.25, 0.3) is 0 Å². The Balaban J connectivity index is 1.32. The van der Waals surface area contributed by atoms with Crippen LogP contribution in [0.1, 0.15) is 24.8 Å². The summed E-state index contributed by atoms with van der Waals surface area (Å²) in [6, 6.07) is 5.83. The first-order valence-electron chi connectivity index (χ1n) is 9.03. The Morgan fingerprint density at radius 3 is 2.15 bits per heavy atom. The number of anilines is 1. The maximum atomic E-state index is 12.7. The summed E-state index contributed by atoms with van der Waals surface area (Å²) < 4.78 is 61.1. The second-order valence-electron chi connectivity index (χ2n) is 8.02. The minimum absolute atomic E-state index is 0.0105. The number of hydrogen-bond acceptors (Lipinski definition) is 4. The fourth-order valence-corrected chi connectivity index (χ4v) is 7.01. The van der Waals surface area contributed by atoms with E-state index in [4.69, 9.17) is 0 Å². The summed E-state index contributed by atoms with van der Waals surface area (Å²) in [6.07, 6.45) is -1.41. The molecule has 0 unspecified atom stereocenters. The average molecular weight is 388 g/mol. The van der Waals surface area contributed by atoms with E-state index >= 15 is 0 Å². The molecule has 0 saturated carbocycles. The molecule has 1 spiro atoms. The Kier molecular flexibility index (Phi) is 4.26. The van der Waals surface area contributed by atoms with Gasteiger partial charge < -0.3 is 4.90 Å². The summed E-state index contributed by atoms with van der Waals surface area (Å²) in [6.45, 7) is 3.47. The van der Waals surface area contributed by atoms with E-state index in [1.54, 1.807) is 12.1 Å². The van der Waals surface area contributed by atoms with Gasteiger partial charge in [-0.25, -0.2) is 8.42 Å². The first-order chi connectivity index (χ1) is 12.2. The molecule has 4 nitrogen and oxygen atoms in total. The SMILES string of the molecule is O=S1(=O)CC2(CCN(C3CCN(c4ccc(C(F)(F)F)cc4)CC3)C2)C1. The molecule has 1 aromatic carbocycles. The molecule has 3 saturated heterocycles. The Bertz CT molecular complexity index is 757. The van der Waals surface area contributed by atoms with Crippen molar-refractivity contribution in [3.05, 3.63) is 29.8 Å². The van der Waals surface area contributed by atoms with Crippen molar-refractivity contribution in [3.8, 4) is 0 Å². The second-order valence-corrected chi connectivity index (χ2v) is 10.1. The van der Waals surface area contributed by atoms with Gasteiger partial charge in [-0.15, -0.1) is 0 Å².